The number of halogens is 2. The van der Waals surface area contributed by atoms with Gasteiger partial charge in [0.2, 0.25) is 5.91 Å². The van der Waals surface area contributed by atoms with E-state index in [9.17, 15) is 4.79 Å². The first-order valence-corrected chi connectivity index (χ1v) is 9.17. The number of hydrogen-bond acceptors (Lipinski definition) is 5. The molecule has 1 atom stereocenters. The van der Waals surface area contributed by atoms with Crippen LogP contribution < -0.4 is 5.32 Å². The fraction of sp³-hybridized carbons (Fsp3) is 0.133. The molecule has 0 radical (unpaired) electrons. The molecule has 1 unspecified atom stereocenters. The Labute approximate surface area is 151 Å². The maximum absolute atomic E-state index is 12.4. The molecule has 0 spiro atoms. The molecule has 2 aromatic heterocycles. The summed E-state index contributed by atoms with van der Waals surface area (Å²) in [6.45, 7) is 1.82. The molecule has 0 fully saturated rings. The van der Waals surface area contributed by atoms with Crippen molar-refractivity contribution in [3.05, 3.63) is 46.0 Å². The lowest BCUT2D eigenvalue weighted by Crippen LogP contribution is -2.22. The molecule has 0 saturated heterocycles. The number of amides is 1. The van der Waals surface area contributed by atoms with E-state index in [1.165, 1.54) is 18.1 Å². The molecule has 3 aromatic rings. The van der Waals surface area contributed by atoms with Crippen LogP contribution in [0.2, 0.25) is 10.0 Å². The minimum atomic E-state index is -0.332. The van der Waals surface area contributed by atoms with E-state index in [-0.39, 0.29) is 11.2 Å². The summed E-state index contributed by atoms with van der Waals surface area (Å²) in [5.41, 5.74) is 1.43. The van der Waals surface area contributed by atoms with Crippen molar-refractivity contribution in [2.75, 3.05) is 5.32 Å². The summed E-state index contributed by atoms with van der Waals surface area (Å²) in [4.78, 5) is 20.8. The summed E-state index contributed by atoms with van der Waals surface area (Å²) in [6, 6.07) is 6.89. The molecule has 118 valence electrons. The Kier molecular flexibility index (Phi) is 5.06. The molecular weight excluding hydrogens is 373 g/mol. The maximum Gasteiger partial charge on any atom is 0.237 e. The van der Waals surface area contributed by atoms with Crippen LogP contribution in [0.25, 0.3) is 10.2 Å². The number of thiophene rings is 1. The maximum atomic E-state index is 12.4. The fourth-order valence-corrected chi connectivity index (χ4v) is 4.19. The SMILES string of the molecule is CC(Sc1ncnc2ccsc12)C(=O)Nc1ccc(Cl)cc1Cl. The quantitative estimate of drug-likeness (QED) is 0.501. The summed E-state index contributed by atoms with van der Waals surface area (Å²) < 4.78 is 0.988. The van der Waals surface area contributed by atoms with Crippen molar-refractivity contribution < 1.29 is 4.79 Å². The van der Waals surface area contributed by atoms with Crippen molar-refractivity contribution in [1.29, 1.82) is 0 Å². The molecule has 1 aromatic carbocycles. The Morgan fingerprint density at radius 3 is 2.91 bits per heavy atom. The normalized spacial score (nSPS) is 12.3. The Morgan fingerprint density at radius 2 is 2.13 bits per heavy atom. The monoisotopic (exact) mass is 383 g/mol. The van der Waals surface area contributed by atoms with E-state index in [1.54, 1.807) is 29.5 Å². The van der Waals surface area contributed by atoms with Crippen LogP contribution in [0.1, 0.15) is 6.92 Å². The van der Waals surface area contributed by atoms with Gasteiger partial charge in [-0.2, -0.15) is 0 Å². The van der Waals surface area contributed by atoms with Gasteiger partial charge in [0.15, 0.2) is 0 Å². The molecule has 1 amide bonds. The third-order valence-electron chi connectivity index (χ3n) is 3.06. The van der Waals surface area contributed by atoms with Crippen LogP contribution >= 0.6 is 46.3 Å². The third kappa shape index (κ3) is 3.77. The minimum Gasteiger partial charge on any atom is -0.324 e. The second-order valence-corrected chi connectivity index (χ2v) is 7.78. The molecule has 0 aliphatic heterocycles. The van der Waals surface area contributed by atoms with Crippen LogP contribution in [0.5, 0.6) is 0 Å². The fourth-order valence-electron chi connectivity index (χ4n) is 1.90. The van der Waals surface area contributed by atoms with Crippen LogP contribution in [0.15, 0.2) is 41.0 Å². The molecule has 0 saturated carbocycles. The Hall–Kier alpha value is -1.34. The topological polar surface area (TPSA) is 54.9 Å². The van der Waals surface area contributed by atoms with E-state index < -0.39 is 0 Å². The van der Waals surface area contributed by atoms with Gasteiger partial charge in [0.1, 0.15) is 11.4 Å². The van der Waals surface area contributed by atoms with Crippen LogP contribution in [0, 0.1) is 0 Å². The van der Waals surface area contributed by atoms with Crippen molar-refractivity contribution in [2.24, 2.45) is 0 Å². The van der Waals surface area contributed by atoms with Crippen LogP contribution in [0.3, 0.4) is 0 Å². The van der Waals surface area contributed by atoms with Gasteiger partial charge in [-0.1, -0.05) is 35.0 Å². The summed E-state index contributed by atoms with van der Waals surface area (Å²) in [7, 11) is 0. The number of thioether (sulfide) groups is 1. The highest BCUT2D eigenvalue weighted by Gasteiger charge is 2.18. The largest absolute Gasteiger partial charge is 0.324 e. The standard InChI is InChI=1S/C15H11Cl2N3OS2/c1-8(14(21)20-11-3-2-9(16)6-10(11)17)23-15-13-12(4-5-22-13)18-7-19-15/h2-8H,1H3,(H,20,21). The number of fused-ring (bicyclic) bond motifs is 1. The highest BCUT2D eigenvalue weighted by Crippen LogP contribution is 2.32. The molecule has 0 bridgehead atoms. The Bertz CT molecular complexity index is 869. The van der Waals surface area contributed by atoms with Gasteiger partial charge in [-0.25, -0.2) is 9.97 Å². The van der Waals surface area contributed by atoms with Crippen molar-refractivity contribution in [2.45, 2.75) is 17.2 Å². The molecule has 23 heavy (non-hydrogen) atoms. The van der Waals surface area contributed by atoms with Gasteiger partial charge in [-0.05, 0) is 36.6 Å². The summed E-state index contributed by atoms with van der Waals surface area (Å²) >= 11 is 14.9. The third-order valence-corrected chi connectivity index (χ3v) is 5.74. The van der Waals surface area contributed by atoms with E-state index in [2.05, 4.69) is 15.3 Å². The van der Waals surface area contributed by atoms with Crippen molar-refractivity contribution >= 4 is 68.1 Å². The van der Waals surface area contributed by atoms with Gasteiger partial charge in [-0.3, -0.25) is 4.79 Å². The minimum absolute atomic E-state index is 0.150. The summed E-state index contributed by atoms with van der Waals surface area (Å²) in [5.74, 6) is -0.150. The zero-order valence-electron chi connectivity index (χ0n) is 11.9. The van der Waals surface area contributed by atoms with Gasteiger partial charge in [-0.15, -0.1) is 11.3 Å². The van der Waals surface area contributed by atoms with E-state index in [4.69, 9.17) is 23.2 Å². The first kappa shape index (κ1) is 16.5. The van der Waals surface area contributed by atoms with E-state index >= 15 is 0 Å². The molecule has 3 rings (SSSR count). The zero-order chi connectivity index (χ0) is 16.4. The van der Waals surface area contributed by atoms with Gasteiger partial charge < -0.3 is 5.32 Å². The number of anilines is 1. The molecule has 8 heteroatoms. The number of nitrogens with zero attached hydrogens (tertiary/aromatic N) is 2. The van der Waals surface area contributed by atoms with E-state index in [0.29, 0.717) is 15.7 Å². The van der Waals surface area contributed by atoms with Crippen LogP contribution in [-0.2, 0) is 4.79 Å². The number of nitrogens with one attached hydrogen (secondary N) is 1. The Morgan fingerprint density at radius 1 is 1.30 bits per heavy atom. The van der Waals surface area contributed by atoms with Crippen molar-refractivity contribution in [3.63, 3.8) is 0 Å². The van der Waals surface area contributed by atoms with Crippen molar-refractivity contribution in [3.8, 4) is 0 Å². The lowest BCUT2D eigenvalue weighted by atomic mass is 10.3. The van der Waals surface area contributed by atoms with Crippen LogP contribution in [-0.4, -0.2) is 21.1 Å². The van der Waals surface area contributed by atoms with E-state index in [1.807, 2.05) is 18.4 Å². The van der Waals surface area contributed by atoms with E-state index in [0.717, 1.165) is 15.2 Å². The average molecular weight is 384 g/mol. The number of carbonyl (C=O) groups excluding carboxylic acids is 1. The molecule has 4 nitrogen and oxygen atoms in total. The second-order valence-electron chi connectivity index (χ2n) is 4.69. The smallest absolute Gasteiger partial charge is 0.237 e. The highest BCUT2D eigenvalue weighted by molar-refractivity contribution is 8.00. The Balaban J connectivity index is 1.74. The van der Waals surface area contributed by atoms with Crippen LogP contribution in [0.4, 0.5) is 5.69 Å². The first-order chi connectivity index (χ1) is 11.0. The number of benzene rings is 1. The average Bonchev–Trinajstić information content (AvgIpc) is 2.99. The lowest BCUT2D eigenvalue weighted by Gasteiger charge is -2.13. The summed E-state index contributed by atoms with van der Waals surface area (Å²) in [6.07, 6.45) is 1.51. The number of rotatable bonds is 4. The zero-order valence-corrected chi connectivity index (χ0v) is 15.1. The summed E-state index contributed by atoms with van der Waals surface area (Å²) in [5, 5.41) is 6.17. The first-order valence-electron chi connectivity index (χ1n) is 6.65. The number of carbonyl (C=O) groups is 1. The molecular formula is C15H11Cl2N3OS2. The molecule has 2 heterocycles. The lowest BCUT2D eigenvalue weighted by molar-refractivity contribution is -0.115. The van der Waals surface area contributed by atoms with Gasteiger partial charge in [0.05, 0.1) is 26.2 Å². The molecule has 0 aliphatic rings. The van der Waals surface area contributed by atoms with Crippen molar-refractivity contribution in [1.82, 2.24) is 9.97 Å². The number of hydrogen-bond donors (Lipinski definition) is 1. The van der Waals surface area contributed by atoms with Gasteiger partial charge >= 0.3 is 0 Å². The molecule has 0 aliphatic carbocycles. The molecule has 1 N–H and O–H groups in total. The van der Waals surface area contributed by atoms with Gasteiger partial charge in [0, 0.05) is 5.02 Å². The van der Waals surface area contributed by atoms with Gasteiger partial charge in [0.25, 0.3) is 0 Å². The second kappa shape index (κ2) is 7.05. The predicted molar refractivity (Wildman–Crippen MR) is 97.8 cm³/mol. The number of aromatic nitrogens is 2. The highest BCUT2D eigenvalue weighted by atomic mass is 35.5. The predicted octanol–water partition coefficient (Wildman–Crippen LogP) is 5.12.